The number of benzene rings is 1. The molecular formula is C28H39I. The fraction of sp³-hybridized carbons (Fsp3) is 0.429. The lowest BCUT2D eigenvalue weighted by Gasteiger charge is -2.19. The van der Waals surface area contributed by atoms with Crippen LogP contribution in [-0.4, -0.2) is 3.92 Å². The van der Waals surface area contributed by atoms with Crippen LogP contribution in [0.5, 0.6) is 0 Å². The molecule has 1 aromatic carbocycles. The molecule has 0 aromatic heterocycles. The van der Waals surface area contributed by atoms with E-state index in [4.69, 9.17) is 0 Å². The van der Waals surface area contributed by atoms with Gasteiger partial charge >= 0.3 is 0 Å². The quantitative estimate of drug-likeness (QED) is 0.207. The molecule has 0 heterocycles. The molecule has 0 fully saturated rings. The van der Waals surface area contributed by atoms with Gasteiger partial charge < -0.3 is 0 Å². The molecule has 0 aliphatic rings. The van der Waals surface area contributed by atoms with Crippen LogP contribution in [0, 0.1) is 5.41 Å². The van der Waals surface area contributed by atoms with E-state index in [1.807, 2.05) is 0 Å². The molecule has 1 unspecified atom stereocenters. The van der Waals surface area contributed by atoms with E-state index < -0.39 is 0 Å². The highest BCUT2D eigenvalue weighted by Gasteiger charge is 2.14. The molecule has 1 aromatic rings. The lowest BCUT2D eigenvalue weighted by Crippen LogP contribution is -2.10. The van der Waals surface area contributed by atoms with E-state index in [-0.39, 0.29) is 10.8 Å². The number of hydrogen-bond acceptors (Lipinski definition) is 0. The van der Waals surface area contributed by atoms with Gasteiger partial charge in [-0.2, -0.15) is 0 Å². The first-order valence-electron chi connectivity index (χ1n) is 10.4. The number of rotatable bonds is 6. The number of halogens is 1. The number of allylic oxidation sites excluding steroid dienone is 9. The summed E-state index contributed by atoms with van der Waals surface area (Å²) in [4.78, 5) is 0. The van der Waals surface area contributed by atoms with E-state index in [9.17, 15) is 0 Å². The van der Waals surface area contributed by atoms with Crippen molar-refractivity contribution in [2.45, 2.75) is 71.7 Å². The second-order valence-electron chi connectivity index (χ2n) is 9.81. The highest BCUT2D eigenvalue weighted by atomic mass is 127. The second kappa shape index (κ2) is 10.6. The first kappa shape index (κ1) is 25.7. The average Bonchev–Trinajstić information content (AvgIpc) is 2.59. The van der Waals surface area contributed by atoms with Gasteiger partial charge in [-0.1, -0.05) is 125 Å². The van der Waals surface area contributed by atoms with Crippen molar-refractivity contribution < 1.29 is 0 Å². The summed E-state index contributed by atoms with van der Waals surface area (Å²) < 4.78 is 0.448. The van der Waals surface area contributed by atoms with Gasteiger partial charge in [0, 0.05) is 3.92 Å². The van der Waals surface area contributed by atoms with E-state index in [0.29, 0.717) is 3.92 Å². The van der Waals surface area contributed by atoms with Gasteiger partial charge in [0.2, 0.25) is 0 Å². The Labute approximate surface area is 193 Å². The zero-order chi connectivity index (χ0) is 22.4. The highest BCUT2D eigenvalue weighted by Crippen LogP contribution is 2.28. The molecule has 158 valence electrons. The third kappa shape index (κ3) is 8.50. The van der Waals surface area contributed by atoms with Crippen LogP contribution in [0.25, 0.3) is 5.57 Å². The van der Waals surface area contributed by atoms with Gasteiger partial charge in [0.1, 0.15) is 0 Å². The monoisotopic (exact) mass is 502 g/mol. The molecule has 0 saturated heterocycles. The van der Waals surface area contributed by atoms with Crippen LogP contribution in [-0.2, 0) is 5.41 Å². The van der Waals surface area contributed by atoms with E-state index >= 15 is 0 Å². The summed E-state index contributed by atoms with van der Waals surface area (Å²) in [7, 11) is 0. The van der Waals surface area contributed by atoms with Gasteiger partial charge in [-0.05, 0) is 65.0 Å². The average molecular weight is 503 g/mol. The van der Waals surface area contributed by atoms with Gasteiger partial charge in [0.05, 0.1) is 0 Å². The lowest BCUT2D eigenvalue weighted by atomic mass is 9.86. The third-order valence-corrected chi connectivity index (χ3v) is 5.42. The summed E-state index contributed by atoms with van der Waals surface area (Å²) in [5.41, 5.74) is 7.78. The van der Waals surface area contributed by atoms with E-state index in [1.54, 1.807) is 0 Å². The summed E-state index contributed by atoms with van der Waals surface area (Å²) in [5.74, 6) is 0. The molecule has 0 amide bonds. The second-order valence-corrected chi connectivity index (χ2v) is 11.8. The normalized spacial score (nSPS) is 15.7. The third-order valence-electron chi connectivity index (χ3n) is 5.06. The summed E-state index contributed by atoms with van der Waals surface area (Å²) in [6.45, 7) is 24.1. The molecular weight excluding hydrogens is 463 g/mol. The van der Waals surface area contributed by atoms with Crippen LogP contribution in [0.15, 0.2) is 77.9 Å². The predicted octanol–water partition coefficient (Wildman–Crippen LogP) is 9.24. The number of alkyl halides is 1. The Morgan fingerprint density at radius 2 is 1.52 bits per heavy atom. The van der Waals surface area contributed by atoms with E-state index in [0.717, 1.165) is 5.57 Å². The van der Waals surface area contributed by atoms with E-state index in [2.05, 4.69) is 146 Å². The topological polar surface area (TPSA) is 0 Å². The fourth-order valence-corrected chi connectivity index (χ4v) is 3.21. The van der Waals surface area contributed by atoms with Crippen molar-refractivity contribution in [1.29, 1.82) is 0 Å². The van der Waals surface area contributed by atoms with Gasteiger partial charge in [-0.25, -0.2) is 0 Å². The minimum Gasteiger partial charge on any atom is -0.0953 e. The van der Waals surface area contributed by atoms with Crippen molar-refractivity contribution in [3.8, 4) is 0 Å². The van der Waals surface area contributed by atoms with Crippen LogP contribution < -0.4 is 0 Å². The molecule has 0 saturated carbocycles. The summed E-state index contributed by atoms with van der Waals surface area (Å²) in [6, 6.07) is 8.98. The molecule has 0 radical (unpaired) electrons. The maximum absolute atomic E-state index is 4.24. The Hall–Kier alpha value is -1.35. The van der Waals surface area contributed by atoms with Crippen LogP contribution in [0.3, 0.4) is 0 Å². The lowest BCUT2D eigenvalue weighted by molar-refractivity contribution is 0.519. The Bertz CT molecular complexity index is 811. The molecule has 29 heavy (non-hydrogen) atoms. The molecule has 0 bridgehead atoms. The van der Waals surface area contributed by atoms with Crippen LogP contribution >= 0.6 is 22.6 Å². The molecule has 1 rings (SSSR count). The predicted molar refractivity (Wildman–Crippen MR) is 142 cm³/mol. The summed E-state index contributed by atoms with van der Waals surface area (Å²) in [6.07, 6.45) is 11.2. The van der Waals surface area contributed by atoms with Crippen LogP contribution in [0.2, 0.25) is 0 Å². The van der Waals surface area contributed by atoms with Gasteiger partial charge in [0.15, 0.2) is 0 Å². The summed E-state index contributed by atoms with van der Waals surface area (Å²) in [5, 5.41) is 0. The molecule has 0 aliphatic carbocycles. The Morgan fingerprint density at radius 3 is 1.93 bits per heavy atom. The number of hydrogen-bond donors (Lipinski definition) is 0. The van der Waals surface area contributed by atoms with E-state index in [1.165, 1.54) is 27.8 Å². The van der Waals surface area contributed by atoms with Crippen molar-refractivity contribution in [2.75, 3.05) is 0 Å². The largest absolute Gasteiger partial charge is 0.0953 e. The van der Waals surface area contributed by atoms with Gasteiger partial charge in [-0.3, -0.25) is 0 Å². The minimum atomic E-state index is 0.0797. The zero-order valence-corrected chi connectivity index (χ0v) is 22.0. The van der Waals surface area contributed by atoms with Crippen molar-refractivity contribution in [1.82, 2.24) is 0 Å². The van der Waals surface area contributed by atoms with Gasteiger partial charge in [-0.15, -0.1) is 0 Å². The molecule has 0 spiro atoms. The minimum absolute atomic E-state index is 0.0797. The molecule has 0 nitrogen and oxygen atoms in total. The smallest absolute Gasteiger partial charge is 0.0270 e. The Kier molecular flexibility index (Phi) is 9.40. The van der Waals surface area contributed by atoms with Crippen molar-refractivity contribution in [2.24, 2.45) is 5.41 Å². The first-order valence-corrected chi connectivity index (χ1v) is 11.7. The first-order chi connectivity index (χ1) is 13.3. The Morgan fingerprint density at radius 1 is 0.966 bits per heavy atom. The standard InChI is InChI=1S/C28H39I/c1-11-23(13-12-21(3)27(5,6)7)25(19-22(4)29)18-20(2)24-14-16-26(17-15-24)28(8,9)10/h11-19,22H,3H2,1-2,4-10H3/b13-12-,20-18+,23-11+,25-19+. The summed E-state index contributed by atoms with van der Waals surface area (Å²) >= 11 is 2.46. The SMILES string of the molecule is C=C(\C=C/C(=C\C)C(=C/C(C)I)/C=C(\C)c1ccc(C(C)(C)C)cc1)C(C)(C)C. The molecule has 0 N–H and O–H groups in total. The highest BCUT2D eigenvalue weighted by molar-refractivity contribution is 14.1. The zero-order valence-electron chi connectivity index (χ0n) is 19.9. The maximum atomic E-state index is 4.24. The van der Waals surface area contributed by atoms with Crippen molar-refractivity contribution in [3.05, 3.63) is 89.1 Å². The van der Waals surface area contributed by atoms with Crippen LogP contribution in [0.4, 0.5) is 0 Å². The van der Waals surface area contributed by atoms with Gasteiger partial charge in [0.25, 0.3) is 0 Å². The maximum Gasteiger partial charge on any atom is 0.0270 e. The van der Waals surface area contributed by atoms with Crippen molar-refractivity contribution in [3.63, 3.8) is 0 Å². The molecule has 1 atom stereocenters. The van der Waals surface area contributed by atoms with Crippen molar-refractivity contribution >= 4 is 28.2 Å². The molecule has 0 aliphatic heterocycles. The molecule has 1 heteroatoms. The Balaban J connectivity index is 3.27. The fourth-order valence-electron chi connectivity index (χ4n) is 2.82. The van der Waals surface area contributed by atoms with Crippen LogP contribution in [0.1, 0.15) is 73.4 Å².